The number of aliphatic hydroxyl groups excluding tert-OH is 1. The number of aromatic amines is 1. The first-order chi connectivity index (χ1) is 12.8. The number of hydrogen-bond donors (Lipinski definition) is 3. The number of nitrogens with one attached hydrogen (secondary N) is 2. The van der Waals surface area contributed by atoms with Gasteiger partial charge >= 0.3 is 0 Å². The third kappa shape index (κ3) is 3.97. The Morgan fingerprint density at radius 1 is 1.41 bits per heavy atom. The van der Waals surface area contributed by atoms with Gasteiger partial charge in [0.2, 0.25) is 5.91 Å². The number of piperidine rings is 1. The number of amides is 2. The summed E-state index contributed by atoms with van der Waals surface area (Å²) in [6.45, 7) is 3.47. The van der Waals surface area contributed by atoms with Crippen LogP contribution in [0.1, 0.15) is 36.7 Å². The summed E-state index contributed by atoms with van der Waals surface area (Å²) >= 11 is 0. The summed E-state index contributed by atoms with van der Waals surface area (Å²) in [4.78, 5) is 28.1. The number of nitrogens with zero attached hydrogens (tertiary/aromatic N) is 4. The van der Waals surface area contributed by atoms with Crippen LogP contribution in [0.4, 0.5) is 0 Å². The van der Waals surface area contributed by atoms with E-state index in [0.717, 1.165) is 0 Å². The molecule has 10 nitrogen and oxygen atoms in total. The van der Waals surface area contributed by atoms with Crippen LogP contribution < -0.4 is 5.32 Å². The van der Waals surface area contributed by atoms with Crippen LogP contribution in [-0.2, 0) is 9.53 Å². The van der Waals surface area contributed by atoms with Crippen LogP contribution in [0.3, 0.4) is 0 Å². The molecule has 1 aromatic heterocycles. The fourth-order valence-electron chi connectivity index (χ4n) is 4.01. The number of H-pyrrole nitrogens is 1. The van der Waals surface area contributed by atoms with Gasteiger partial charge in [0.05, 0.1) is 23.9 Å². The van der Waals surface area contributed by atoms with E-state index in [4.69, 9.17) is 4.74 Å². The molecular weight excluding hydrogens is 352 g/mol. The lowest BCUT2D eigenvalue weighted by molar-refractivity contribution is -0.205. The third-order valence-corrected chi connectivity index (χ3v) is 5.53. The topological polar surface area (TPSA) is 124 Å². The number of carbonyl (C=O) groups is 2. The summed E-state index contributed by atoms with van der Waals surface area (Å²) in [7, 11) is 3.65. The van der Waals surface area contributed by atoms with Crippen molar-refractivity contribution in [2.24, 2.45) is 0 Å². The lowest BCUT2D eigenvalue weighted by Gasteiger charge is -2.53. The summed E-state index contributed by atoms with van der Waals surface area (Å²) in [5.41, 5.74) is -1.25. The van der Waals surface area contributed by atoms with Crippen LogP contribution in [0, 0.1) is 0 Å². The second-order valence-electron chi connectivity index (χ2n) is 7.92. The van der Waals surface area contributed by atoms with Crippen molar-refractivity contribution in [3.8, 4) is 0 Å². The molecule has 10 heteroatoms. The minimum absolute atomic E-state index is 0.128. The number of aromatic nitrogens is 3. The van der Waals surface area contributed by atoms with Gasteiger partial charge in [-0.1, -0.05) is 0 Å². The van der Waals surface area contributed by atoms with Crippen LogP contribution in [-0.4, -0.2) is 99.7 Å². The van der Waals surface area contributed by atoms with E-state index in [1.165, 1.54) is 6.20 Å². The van der Waals surface area contributed by atoms with Gasteiger partial charge < -0.3 is 25.0 Å². The average Bonchev–Trinajstić information content (AvgIpc) is 3.14. The van der Waals surface area contributed by atoms with Crippen molar-refractivity contribution < 1.29 is 19.4 Å². The second kappa shape index (κ2) is 7.53. The van der Waals surface area contributed by atoms with E-state index in [0.29, 0.717) is 39.0 Å². The lowest BCUT2D eigenvalue weighted by Crippen LogP contribution is -2.69. The summed E-state index contributed by atoms with van der Waals surface area (Å²) in [5.74, 6) is -0.316. The molecule has 1 spiro atoms. The highest BCUT2D eigenvalue weighted by molar-refractivity contribution is 5.91. The quantitative estimate of drug-likeness (QED) is 0.612. The Morgan fingerprint density at radius 2 is 2.11 bits per heavy atom. The zero-order valence-electron chi connectivity index (χ0n) is 16.1. The monoisotopic (exact) mass is 380 g/mol. The van der Waals surface area contributed by atoms with Gasteiger partial charge in [-0.2, -0.15) is 15.4 Å². The molecule has 0 saturated carbocycles. The van der Waals surface area contributed by atoms with E-state index in [2.05, 4.69) is 20.7 Å². The molecule has 0 aliphatic carbocycles. The van der Waals surface area contributed by atoms with Crippen molar-refractivity contribution in [3.05, 3.63) is 11.9 Å². The first kappa shape index (κ1) is 19.7. The molecule has 2 aliphatic rings. The Morgan fingerprint density at radius 3 is 2.70 bits per heavy atom. The Kier molecular flexibility index (Phi) is 5.50. The Balaban J connectivity index is 1.66. The summed E-state index contributed by atoms with van der Waals surface area (Å²) in [5, 5.41) is 24.0. The Bertz CT molecular complexity index is 671. The van der Waals surface area contributed by atoms with Crippen LogP contribution >= 0.6 is 0 Å². The molecule has 0 unspecified atom stereocenters. The van der Waals surface area contributed by atoms with E-state index < -0.39 is 17.2 Å². The van der Waals surface area contributed by atoms with Gasteiger partial charge in [-0.15, -0.1) is 0 Å². The largest absolute Gasteiger partial charge is 0.388 e. The molecule has 2 atom stereocenters. The Labute approximate surface area is 158 Å². The van der Waals surface area contributed by atoms with E-state index in [-0.39, 0.29) is 24.1 Å². The molecular formula is C17H28N6O4. The predicted molar refractivity (Wildman–Crippen MR) is 95.9 cm³/mol. The molecule has 3 N–H and O–H groups in total. The molecule has 2 saturated heterocycles. The van der Waals surface area contributed by atoms with Gasteiger partial charge in [-0.05, 0) is 40.3 Å². The smallest absolute Gasteiger partial charge is 0.276 e. The molecule has 2 amide bonds. The van der Waals surface area contributed by atoms with Crippen LogP contribution in [0.5, 0.6) is 0 Å². The van der Waals surface area contributed by atoms with Gasteiger partial charge in [-0.3, -0.25) is 9.59 Å². The molecule has 0 radical (unpaired) electrons. The molecule has 0 aromatic carbocycles. The third-order valence-electron chi connectivity index (χ3n) is 5.53. The first-order valence-electron chi connectivity index (χ1n) is 9.19. The number of hydrogen-bond acceptors (Lipinski definition) is 7. The molecule has 2 fully saturated rings. The summed E-state index contributed by atoms with van der Waals surface area (Å²) in [6.07, 6.45) is 2.08. The normalized spacial score (nSPS) is 27.7. The zero-order valence-corrected chi connectivity index (χ0v) is 16.1. The number of rotatable bonds is 4. The molecule has 1 aromatic rings. The fraction of sp³-hybridized carbons (Fsp3) is 0.765. The number of ether oxygens (including phenoxy) is 1. The highest BCUT2D eigenvalue weighted by Crippen LogP contribution is 2.40. The SMILES string of the molecule is CN(C)CC(=O)N[C@@]1(C)CCOC2(CCN(C(=O)c3cn[nH]n3)CC2)[C@@H]1O. The highest BCUT2D eigenvalue weighted by Gasteiger charge is 2.54. The minimum atomic E-state index is -0.853. The molecule has 0 bridgehead atoms. The lowest BCUT2D eigenvalue weighted by atomic mass is 9.73. The zero-order chi connectivity index (χ0) is 19.7. The Hall–Kier alpha value is -2.04. The van der Waals surface area contributed by atoms with Crippen LogP contribution in [0.2, 0.25) is 0 Å². The number of likely N-dealkylation sites (N-methyl/N-ethyl adjacent to an activating group) is 1. The van der Waals surface area contributed by atoms with E-state index >= 15 is 0 Å². The predicted octanol–water partition coefficient (Wildman–Crippen LogP) is -1.00. The van der Waals surface area contributed by atoms with Gasteiger partial charge in [0.1, 0.15) is 6.10 Å². The first-order valence-corrected chi connectivity index (χ1v) is 9.19. The van der Waals surface area contributed by atoms with E-state index in [9.17, 15) is 14.7 Å². The van der Waals surface area contributed by atoms with Crippen molar-refractivity contribution in [3.63, 3.8) is 0 Å². The van der Waals surface area contributed by atoms with Gasteiger partial charge in [0, 0.05) is 19.7 Å². The maximum atomic E-state index is 12.4. The molecule has 150 valence electrons. The van der Waals surface area contributed by atoms with Crippen molar-refractivity contribution in [2.45, 2.75) is 43.4 Å². The van der Waals surface area contributed by atoms with Crippen molar-refractivity contribution in [2.75, 3.05) is 40.3 Å². The molecule has 2 aliphatic heterocycles. The summed E-state index contributed by atoms with van der Waals surface area (Å²) < 4.78 is 6.01. The molecule has 3 heterocycles. The fourth-order valence-corrected chi connectivity index (χ4v) is 4.01. The van der Waals surface area contributed by atoms with Gasteiger partial charge in [0.15, 0.2) is 5.69 Å². The standard InChI is InChI=1S/C17H28N6O4/c1-16(19-13(24)11-22(2)3)6-9-27-17(15(16)26)4-7-23(8-5-17)14(25)12-10-18-21-20-12/h10,15,26H,4-9,11H2,1-3H3,(H,19,24)(H,18,20,21)/t15-,16+/m1/s1. The number of carbonyl (C=O) groups excluding carboxylic acids is 2. The minimum Gasteiger partial charge on any atom is -0.388 e. The van der Waals surface area contributed by atoms with Gasteiger partial charge in [-0.25, -0.2) is 0 Å². The maximum absolute atomic E-state index is 12.4. The average molecular weight is 380 g/mol. The maximum Gasteiger partial charge on any atom is 0.276 e. The molecule has 27 heavy (non-hydrogen) atoms. The number of likely N-dealkylation sites (tertiary alicyclic amines) is 1. The molecule has 3 rings (SSSR count). The van der Waals surface area contributed by atoms with Crippen molar-refractivity contribution in [1.29, 1.82) is 0 Å². The van der Waals surface area contributed by atoms with Gasteiger partial charge in [0.25, 0.3) is 5.91 Å². The van der Waals surface area contributed by atoms with Crippen LogP contribution in [0.25, 0.3) is 0 Å². The van der Waals surface area contributed by atoms with E-state index in [1.807, 2.05) is 21.0 Å². The highest BCUT2D eigenvalue weighted by atomic mass is 16.5. The van der Waals surface area contributed by atoms with Crippen LogP contribution in [0.15, 0.2) is 6.20 Å². The second-order valence-corrected chi connectivity index (χ2v) is 7.92. The number of aliphatic hydroxyl groups is 1. The summed E-state index contributed by atoms with van der Waals surface area (Å²) in [6, 6.07) is 0. The van der Waals surface area contributed by atoms with Crippen molar-refractivity contribution in [1.82, 2.24) is 30.5 Å². The van der Waals surface area contributed by atoms with E-state index in [1.54, 1.807) is 9.80 Å². The van der Waals surface area contributed by atoms with Crippen molar-refractivity contribution >= 4 is 11.8 Å².